The topological polar surface area (TPSA) is 72.9 Å². The summed E-state index contributed by atoms with van der Waals surface area (Å²) < 4.78 is 0. The van der Waals surface area contributed by atoms with E-state index >= 15 is 0 Å². The molecule has 0 aromatic heterocycles. The van der Waals surface area contributed by atoms with Gasteiger partial charge in [-0.1, -0.05) is 53.0 Å². The Hall–Kier alpha value is -1.83. The highest BCUT2D eigenvalue weighted by Gasteiger charge is 2.37. The Morgan fingerprint density at radius 3 is 2.32 bits per heavy atom. The fourth-order valence-corrected chi connectivity index (χ4v) is 5.25. The van der Waals surface area contributed by atoms with E-state index in [0.717, 1.165) is 42.6 Å². The fourth-order valence-electron chi connectivity index (χ4n) is 4.83. The van der Waals surface area contributed by atoms with Gasteiger partial charge in [0.2, 0.25) is 11.8 Å². The second kappa shape index (κ2) is 12.8. The summed E-state index contributed by atoms with van der Waals surface area (Å²) in [5, 5.41) is 14.6. The first-order valence-electron chi connectivity index (χ1n) is 12.6. The van der Waals surface area contributed by atoms with Crippen LogP contribution in [0.5, 0.6) is 0 Å². The molecule has 1 unspecified atom stereocenters. The SMILES string of the molecule is CC(=O)N(C)C1CCN(CCC(C)(C(=O)N[C@@H](CO)c2ccc(Cl)c(C)c2)c2ccc(Cl)c(Cl)c2)CC1. The number of hydrogen-bond acceptors (Lipinski definition) is 4. The van der Waals surface area contributed by atoms with Gasteiger partial charge in [-0.3, -0.25) is 9.59 Å². The van der Waals surface area contributed by atoms with Crippen molar-refractivity contribution in [2.45, 2.75) is 57.5 Å². The molecule has 0 bridgehead atoms. The average molecular weight is 569 g/mol. The molecule has 1 saturated heterocycles. The minimum Gasteiger partial charge on any atom is -0.394 e. The average Bonchev–Trinajstić information content (AvgIpc) is 2.88. The molecule has 202 valence electrons. The monoisotopic (exact) mass is 567 g/mol. The maximum Gasteiger partial charge on any atom is 0.230 e. The summed E-state index contributed by atoms with van der Waals surface area (Å²) in [4.78, 5) is 29.7. The van der Waals surface area contributed by atoms with Gasteiger partial charge in [0, 0.05) is 38.1 Å². The molecule has 2 amide bonds. The number of halogens is 3. The van der Waals surface area contributed by atoms with E-state index in [0.29, 0.717) is 28.0 Å². The summed E-state index contributed by atoms with van der Waals surface area (Å²) in [7, 11) is 1.86. The number of aryl methyl sites for hydroxylation is 1. The minimum atomic E-state index is -0.920. The molecular formula is C28H36Cl3N3O3. The van der Waals surface area contributed by atoms with Crippen LogP contribution in [-0.2, 0) is 15.0 Å². The van der Waals surface area contributed by atoms with Gasteiger partial charge in [-0.25, -0.2) is 0 Å². The number of aliphatic hydroxyl groups is 1. The van der Waals surface area contributed by atoms with Crippen LogP contribution in [-0.4, -0.2) is 66.1 Å². The van der Waals surface area contributed by atoms with Crippen LogP contribution >= 0.6 is 34.8 Å². The van der Waals surface area contributed by atoms with E-state index in [9.17, 15) is 14.7 Å². The number of carbonyl (C=O) groups is 2. The zero-order valence-electron chi connectivity index (χ0n) is 21.9. The van der Waals surface area contributed by atoms with Crippen molar-refractivity contribution in [2.75, 3.05) is 33.3 Å². The lowest BCUT2D eigenvalue weighted by Gasteiger charge is -2.38. The normalized spacial score (nSPS) is 17.2. The predicted molar refractivity (Wildman–Crippen MR) is 150 cm³/mol. The van der Waals surface area contributed by atoms with Gasteiger partial charge >= 0.3 is 0 Å². The second-order valence-electron chi connectivity index (χ2n) is 10.1. The van der Waals surface area contributed by atoms with Crippen LogP contribution in [0, 0.1) is 6.92 Å². The van der Waals surface area contributed by atoms with E-state index < -0.39 is 11.5 Å². The van der Waals surface area contributed by atoms with Gasteiger partial charge in [-0.05, 0) is 74.5 Å². The third-order valence-corrected chi connectivity index (χ3v) is 8.82. The van der Waals surface area contributed by atoms with Crippen molar-refractivity contribution in [3.05, 3.63) is 68.2 Å². The molecule has 1 fully saturated rings. The summed E-state index contributed by atoms with van der Waals surface area (Å²) in [5.41, 5.74) is 1.49. The van der Waals surface area contributed by atoms with Crippen LogP contribution in [0.2, 0.25) is 15.1 Å². The number of benzene rings is 2. The Labute approximate surface area is 234 Å². The number of hydrogen-bond donors (Lipinski definition) is 2. The van der Waals surface area contributed by atoms with Crippen LogP contribution in [0.1, 0.15) is 55.8 Å². The Morgan fingerprint density at radius 2 is 1.76 bits per heavy atom. The standard InChI is InChI=1S/C28H36Cl3N3O3/c1-18-15-20(5-7-23(18)29)26(17-35)32-27(37)28(3,21-6-8-24(30)25(31)16-21)11-14-34-12-9-22(10-13-34)33(4)19(2)36/h5-8,15-16,22,26,35H,9-14,17H2,1-4H3,(H,32,37)/t26-,28?/m0/s1. The molecule has 0 spiro atoms. The minimum absolute atomic E-state index is 0.0802. The third-order valence-electron chi connectivity index (χ3n) is 7.66. The Balaban J connectivity index is 1.79. The number of carbonyl (C=O) groups excluding carboxylic acids is 2. The molecule has 1 heterocycles. The van der Waals surface area contributed by atoms with Gasteiger partial charge in [0.05, 0.1) is 28.1 Å². The molecule has 1 aliphatic heterocycles. The highest BCUT2D eigenvalue weighted by molar-refractivity contribution is 6.42. The van der Waals surface area contributed by atoms with Crippen molar-refractivity contribution >= 4 is 46.6 Å². The van der Waals surface area contributed by atoms with Gasteiger partial charge < -0.3 is 20.2 Å². The molecule has 1 aliphatic rings. The summed E-state index contributed by atoms with van der Waals surface area (Å²) in [6.07, 6.45) is 2.34. The Kier molecular flexibility index (Phi) is 10.3. The lowest BCUT2D eigenvalue weighted by molar-refractivity contribution is -0.131. The van der Waals surface area contributed by atoms with E-state index in [1.54, 1.807) is 25.1 Å². The lowest BCUT2D eigenvalue weighted by Crippen LogP contribution is -2.48. The van der Waals surface area contributed by atoms with Crippen LogP contribution in [0.4, 0.5) is 0 Å². The van der Waals surface area contributed by atoms with Gasteiger partial charge in [0.1, 0.15) is 0 Å². The number of amides is 2. The van der Waals surface area contributed by atoms with E-state index in [2.05, 4.69) is 10.2 Å². The number of nitrogens with zero attached hydrogens (tertiary/aromatic N) is 2. The molecule has 37 heavy (non-hydrogen) atoms. The van der Waals surface area contributed by atoms with Crippen LogP contribution in [0.3, 0.4) is 0 Å². The highest BCUT2D eigenvalue weighted by Crippen LogP contribution is 2.34. The second-order valence-corrected chi connectivity index (χ2v) is 11.4. The van der Waals surface area contributed by atoms with Crippen molar-refractivity contribution in [3.63, 3.8) is 0 Å². The van der Waals surface area contributed by atoms with Crippen LogP contribution in [0.15, 0.2) is 36.4 Å². The molecule has 2 N–H and O–H groups in total. The molecular weight excluding hydrogens is 533 g/mol. The number of rotatable bonds is 9. The quantitative estimate of drug-likeness (QED) is 0.425. The smallest absolute Gasteiger partial charge is 0.230 e. The maximum atomic E-state index is 13.9. The lowest BCUT2D eigenvalue weighted by atomic mass is 9.78. The number of piperidine rings is 1. The predicted octanol–water partition coefficient (Wildman–Crippen LogP) is 5.40. The van der Waals surface area contributed by atoms with Gasteiger partial charge in [-0.15, -0.1) is 0 Å². The van der Waals surface area contributed by atoms with Gasteiger partial charge in [0.15, 0.2) is 0 Å². The molecule has 2 atom stereocenters. The zero-order valence-corrected chi connectivity index (χ0v) is 24.1. The van der Waals surface area contributed by atoms with E-state index in [1.165, 1.54) is 0 Å². The number of nitrogens with one attached hydrogen (secondary N) is 1. The first-order valence-corrected chi connectivity index (χ1v) is 13.7. The van der Waals surface area contributed by atoms with Crippen LogP contribution in [0.25, 0.3) is 0 Å². The highest BCUT2D eigenvalue weighted by atomic mass is 35.5. The van der Waals surface area contributed by atoms with Gasteiger partial charge in [-0.2, -0.15) is 0 Å². The molecule has 0 saturated carbocycles. The fraction of sp³-hybridized carbons (Fsp3) is 0.500. The molecule has 0 aliphatic carbocycles. The number of likely N-dealkylation sites (tertiary alicyclic amines) is 1. The first-order chi connectivity index (χ1) is 17.5. The summed E-state index contributed by atoms with van der Waals surface area (Å²) >= 11 is 18.7. The van der Waals surface area contributed by atoms with Gasteiger partial charge in [0.25, 0.3) is 0 Å². The largest absolute Gasteiger partial charge is 0.394 e. The van der Waals surface area contributed by atoms with E-state index in [4.69, 9.17) is 34.8 Å². The third kappa shape index (κ3) is 7.18. The first kappa shape index (κ1) is 29.7. The zero-order chi connectivity index (χ0) is 27.3. The van der Waals surface area contributed by atoms with E-state index in [1.807, 2.05) is 44.0 Å². The molecule has 6 nitrogen and oxygen atoms in total. The van der Waals surface area contributed by atoms with Crippen molar-refractivity contribution in [3.8, 4) is 0 Å². The van der Waals surface area contributed by atoms with Crippen LogP contribution < -0.4 is 5.32 Å². The molecule has 2 aromatic carbocycles. The molecule has 0 radical (unpaired) electrons. The molecule has 2 aromatic rings. The van der Waals surface area contributed by atoms with Crippen molar-refractivity contribution in [1.82, 2.24) is 15.1 Å². The van der Waals surface area contributed by atoms with Crippen molar-refractivity contribution < 1.29 is 14.7 Å². The molecule has 3 rings (SSSR count). The van der Waals surface area contributed by atoms with Crippen molar-refractivity contribution in [1.29, 1.82) is 0 Å². The Morgan fingerprint density at radius 1 is 1.11 bits per heavy atom. The van der Waals surface area contributed by atoms with Crippen molar-refractivity contribution in [2.24, 2.45) is 0 Å². The summed E-state index contributed by atoms with van der Waals surface area (Å²) in [6, 6.07) is 10.4. The maximum absolute atomic E-state index is 13.9. The molecule has 9 heteroatoms. The van der Waals surface area contributed by atoms with E-state index in [-0.39, 0.29) is 24.5 Å². The Bertz CT molecular complexity index is 1120. The summed E-state index contributed by atoms with van der Waals surface area (Å²) in [5.74, 6) is -0.125. The number of aliphatic hydroxyl groups excluding tert-OH is 1. The summed E-state index contributed by atoms with van der Waals surface area (Å²) in [6.45, 7) is 7.54.